The Morgan fingerprint density at radius 1 is 1.35 bits per heavy atom. The van der Waals surface area contributed by atoms with Crippen LogP contribution in [0.15, 0.2) is 12.2 Å². The number of hydrogen-bond donors (Lipinski definition) is 1. The first-order valence-electron chi connectivity index (χ1n) is 6.09. The maximum atomic E-state index is 12.2. The maximum absolute atomic E-state index is 12.2. The highest BCUT2D eigenvalue weighted by atomic mass is 16.2. The van der Waals surface area contributed by atoms with Gasteiger partial charge in [0, 0.05) is 32.2 Å². The monoisotopic (exact) mass is 233 g/mol. The molecule has 1 heterocycles. The van der Waals surface area contributed by atoms with Gasteiger partial charge in [0.1, 0.15) is 0 Å². The second kappa shape index (κ2) is 5.35. The zero-order valence-corrected chi connectivity index (χ0v) is 10.0. The number of nitrogens with zero attached hydrogens (tertiary/aromatic N) is 2. The minimum atomic E-state index is -0.0100. The highest BCUT2D eigenvalue weighted by molar-refractivity contribution is 5.81. The minimum absolute atomic E-state index is 0.0100. The summed E-state index contributed by atoms with van der Waals surface area (Å²) in [5.41, 5.74) is 5.77. The van der Waals surface area contributed by atoms with Crippen LogP contribution in [-0.4, -0.2) is 54.5 Å². The third kappa shape index (κ3) is 2.87. The third-order valence-electron chi connectivity index (χ3n) is 3.43. The van der Waals surface area contributed by atoms with Crippen molar-refractivity contribution in [3.05, 3.63) is 12.2 Å². The Balaban J connectivity index is 1.83. The van der Waals surface area contributed by atoms with E-state index in [1.54, 1.807) is 0 Å². The largest absolute Gasteiger partial charge is 0.340 e. The zero-order chi connectivity index (χ0) is 12.3. The number of carbonyl (C=O) groups excluding carboxylic acids is 1. The van der Waals surface area contributed by atoms with Gasteiger partial charge in [0.05, 0.1) is 12.5 Å². The van der Waals surface area contributed by atoms with Gasteiger partial charge >= 0.3 is 0 Å². The van der Waals surface area contributed by atoms with E-state index in [-0.39, 0.29) is 17.9 Å². The fourth-order valence-corrected chi connectivity index (χ4v) is 2.40. The first kappa shape index (κ1) is 12.2. The van der Waals surface area contributed by atoms with Crippen LogP contribution in [0.4, 0.5) is 0 Å². The van der Waals surface area contributed by atoms with Crippen LogP contribution in [0.3, 0.4) is 0 Å². The average molecular weight is 233 g/mol. The molecule has 0 aromatic carbocycles. The topological polar surface area (TPSA) is 49.6 Å². The fraction of sp³-hybridized carbons (Fsp3) is 0.615. The van der Waals surface area contributed by atoms with Gasteiger partial charge < -0.3 is 10.6 Å². The van der Waals surface area contributed by atoms with Crippen molar-refractivity contribution in [3.63, 3.8) is 0 Å². The first-order chi connectivity index (χ1) is 8.20. The zero-order valence-electron chi connectivity index (χ0n) is 10.0. The second-order valence-corrected chi connectivity index (χ2v) is 4.70. The summed E-state index contributed by atoms with van der Waals surface area (Å²) >= 11 is 0. The molecule has 4 heteroatoms. The SMILES string of the molecule is C#CCN1CCN(C(=O)C2C=CC(N)C2)CC1. The summed E-state index contributed by atoms with van der Waals surface area (Å²) in [4.78, 5) is 16.3. The van der Waals surface area contributed by atoms with Crippen LogP contribution in [0, 0.1) is 18.3 Å². The Hall–Kier alpha value is -1.31. The number of rotatable bonds is 2. The quantitative estimate of drug-likeness (QED) is 0.525. The van der Waals surface area contributed by atoms with E-state index < -0.39 is 0 Å². The van der Waals surface area contributed by atoms with Gasteiger partial charge in [0.2, 0.25) is 5.91 Å². The number of nitrogens with two attached hydrogens (primary N) is 1. The standard InChI is InChI=1S/C13H19N3O/c1-2-5-15-6-8-16(9-7-15)13(17)11-3-4-12(14)10-11/h1,3-4,11-12H,5-10,14H2. The van der Waals surface area contributed by atoms with Crippen molar-refractivity contribution in [2.45, 2.75) is 12.5 Å². The Morgan fingerprint density at radius 3 is 2.59 bits per heavy atom. The minimum Gasteiger partial charge on any atom is -0.340 e. The lowest BCUT2D eigenvalue weighted by molar-refractivity contribution is -0.135. The molecule has 2 N–H and O–H groups in total. The van der Waals surface area contributed by atoms with Crippen LogP contribution < -0.4 is 5.73 Å². The molecule has 2 atom stereocenters. The van der Waals surface area contributed by atoms with Gasteiger partial charge in [0.25, 0.3) is 0 Å². The molecule has 0 aromatic rings. The molecule has 2 unspecified atom stereocenters. The molecule has 0 bridgehead atoms. The predicted molar refractivity (Wildman–Crippen MR) is 67.1 cm³/mol. The Bertz CT molecular complexity index is 350. The lowest BCUT2D eigenvalue weighted by Gasteiger charge is -2.34. The van der Waals surface area contributed by atoms with E-state index in [2.05, 4.69) is 10.8 Å². The van der Waals surface area contributed by atoms with Gasteiger partial charge in [-0.25, -0.2) is 0 Å². The molecule has 2 rings (SSSR count). The predicted octanol–water partition coefficient (Wildman–Crippen LogP) is -0.333. The number of amides is 1. The van der Waals surface area contributed by atoms with Crippen LogP contribution in [0.1, 0.15) is 6.42 Å². The molecule has 1 aliphatic carbocycles. The Morgan fingerprint density at radius 2 is 2.06 bits per heavy atom. The van der Waals surface area contributed by atoms with E-state index in [0.29, 0.717) is 6.54 Å². The van der Waals surface area contributed by atoms with E-state index in [4.69, 9.17) is 12.2 Å². The van der Waals surface area contributed by atoms with Crippen molar-refractivity contribution >= 4 is 5.91 Å². The number of carbonyl (C=O) groups is 1. The smallest absolute Gasteiger partial charge is 0.229 e. The molecular weight excluding hydrogens is 214 g/mol. The van der Waals surface area contributed by atoms with E-state index in [1.165, 1.54) is 0 Å². The van der Waals surface area contributed by atoms with Gasteiger partial charge in [-0.2, -0.15) is 0 Å². The van der Waals surface area contributed by atoms with Crippen molar-refractivity contribution in [3.8, 4) is 12.3 Å². The maximum Gasteiger partial charge on any atom is 0.229 e. The summed E-state index contributed by atoms with van der Waals surface area (Å²) in [6, 6.07) is 0.0479. The third-order valence-corrected chi connectivity index (χ3v) is 3.43. The number of piperazine rings is 1. The molecule has 1 aliphatic heterocycles. The van der Waals surface area contributed by atoms with Gasteiger partial charge in [-0.05, 0) is 6.42 Å². The molecule has 0 aromatic heterocycles. The van der Waals surface area contributed by atoms with Gasteiger partial charge in [-0.1, -0.05) is 18.1 Å². The van der Waals surface area contributed by atoms with Crippen molar-refractivity contribution < 1.29 is 4.79 Å². The highest BCUT2D eigenvalue weighted by Crippen LogP contribution is 2.19. The summed E-state index contributed by atoms with van der Waals surface area (Å²) in [7, 11) is 0. The molecule has 2 aliphatic rings. The summed E-state index contributed by atoms with van der Waals surface area (Å²) in [5.74, 6) is 2.84. The summed E-state index contributed by atoms with van der Waals surface area (Å²) in [6.07, 6.45) is 9.90. The van der Waals surface area contributed by atoms with Crippen LogP contribution in [-0.2, 0) is 4.79 Å². The highest BCUT2D eigenvalue weighted by Gasteiger charge is 2.28. The Kier molecular flexibility index (Phi) is 3.82. The molecule has 1 fully saturated rings. The molecule has 0 spiro atoms. The van der Waals surface area contributed by atoms with E-state index in [9.17, 15) is 4.79 Å². The molecule has 17 heavy (non-hydrogen) atoms. The van der Waals surface area contributed by atoms with Gasteiger partial charge in [-0.3, -0.25) is 9.69 Å². The van der Waals surface area contributed by atoms with E-state index >= 15 is 0 Å². The van der Waals surface area contributed by atoms with E-state index in [1.807, 2.05) is 17.1 Å². The molecule has 0 radical (unpaired) electrons. The van der Waals surface area contributed by atoms with Crippen LogP contribution in [0.25, 0.3) is 0 Å². The summed E-state index contributed by atoms with van der Waals surface area (Å²) in [6.45, 7) is 3.98. The lowest BCUT2D eigenvalue weighted by atomic mass is 10.1. The molecule has 1 amide bonds. The Labute approximate surface area is 102 Å². The number of hydrogen-bond acceptors (Lipinski definition) is 3. The van der Waals surface area contributed by atoms with Gasteiger partial charge in [-0.15, -0.1) is 6.42 Å². The fourth-order valence-electron chi connectivity index (χ4n) is 2.40. The van der Waals surface area contributed by atoms with Gasteiger partial charge in [0.15, 0.2) is 0 Å². The molecule has 92 valence electrons. The van der Waals surface area contributed by atoms with Crippen molar-refractivity contribution in [1.82, 2.24) is 9.80 Å². The normalized spacial score (nSPS) is 29.3. The van der Waals surface area contributed by atoms with Crippen LogP contribution >= 0.6 is 0 Å². The van der Waals surface area contributed by atoms with Crippen molar-refractivity contribution in [2.24, 2.45) is 11.7 Å². The molecule has 4 nitrogen and oxygen atoms in total. The van der Waals surface area contributed by atoms with Crippen LogP contribution in [0.5, 0.6) is 0 Å². The van der Waals surface area contributed by atoms with Crippen molar-refractivity contribution in [2.75, 3.05) is 32.7 Å². The van der Waals surface area contributed by atoms with Crippen LogP contribution in [0.2, 0.25) is 0 Å². The lowest BCUT2D eigenvalue weighted by Crippen LogP contribution is -2.50. The summed E-state index contributed by atoms with van der Waals surface area (Å²) in [5, 5.41) is 0. The molecule has 0 saturated carbocycles. The van der Waals surface area contributed by atoms with Crippen molar-refractivity contribution in [1.29, 1.82) is 0 Å². The molecule has 1 saturated heterocycles. The summed E-state index contributed by atoms with van der Waals surface area (Å²) < 4.78 is 0. The second-order valence-electron chi connectivity index (χ2n) is 4.70. The van der Waals surface area contributed by atoms with E-state index in [0.717, 1.165) is 32.6 Å². The molecular formula is C13H19N3O. The number of terminal acetylenes is 1. The first-order valence-corrected chi connectivity index (χ1v) is 6.09. The average Bonchev–Trinajstić information content (AvgIpc) is 2.76.